The molecule has 0 aliphatic heterocycles. The van der Waals surface area contributed by atoms with Crippen LogP contribution in [-0.4, -0.2) is 24.0 Å². The second-order valence-electron chi connectivity index (χ2n) is 5.60. The molecule has 2 heteroatoms. The van der Waals surface area contributed by atoms with Gasteiger partial charge in [0.15, 0.2) is 0 Å². The molecule has 1 atom stereocenters. The molecule has 1 unspecified atom stereocenters. The first kappa shape index (κ1) is 15.7. The Morgan fingerprint density at radius 1 is 0.905 bits per heavy atom. The Labute approximate surface area is 128 Å². The van der Waals surface area contributed by atoms with Gasteiger partial charge < -0.3 is 5.73 Å². The Hall–Kier alpha value is -1.64. The van der Waals surface area contributed by atoms with Crippen molar-refractivity contribution < 1.29 is 0 Å². The van der Waals surface area contributed by atoms with Gasteiger partial charge in [-0.2, -0.15) is 0 Å². The predicted octanol–water partition coefficient (Wildman–Crippen LogP) is 3.47. The fourth-order valence-electron chi connectivity index (χ4n) is 2.57. The summed E-state index contributed by atoms with van der Waals surface area (Å²) in [6, 6.07) is 21.4. The van der Waals surface area contributed by atoms with Gasteiger partial charge in [-0.25, -0.2) is 0 Å². The van der Waals surface area contributed by atoms with Crippen LogP contribution >= 0.6 is 0 Å². The molecule has 2 aromatic rings. The molecule has 0 saturated heterocycles. The van der Waals surface area contributed by atoms with Gasteiger partial charge in [0.1, 0.15) is 0 Å². The van der Waals surface area contributed by atoms with Gasteiger partial charge >= 0.3 is 0 Å². The van der Waals surface area contributed by atoms with Gasteiger partial charge in [-0.15, -0.1) is 0 Å². The van der Waals surface area contributed by atoms with Crippen LogP contribution in [-0.2, 0) is 13.0 Å². The number of aryl methyl sites for hydroxylation is 1. The van der Waals surface area contributed by atoms with E-state index in [9.17, 15) is 0 Å². The van der Waals surface area contributed by atoms with Crippen LogP contribution in [0, 0.1) is 0 Å². The predicted molar refractivity (Wildman–Crippen MR) is 90.1 cm³/mol. The van der Waals surface area contributed by atoms with Crippen LogP contribution in [0.1, 0.15) is 24.5 Å². The molecule has 112 valence electrons. The first-order valence-corrected chi connectivity index (χ1v) is 7.83. The van der Waals surface area contributed by atoms with E-state index in [1.54, 1.807) is 0 Å². The van der Waals surface area contributed by atoms with Crippen molar-refractivity contribution in [3.8, 4) is 0 Å². The average molecular weight is 282 g/mol. The Bertz CT molecular complexity index is 495. The summed E-state index contributed by atoms with van der Waals surface area (Å²) in [5, 5.41) is 0. The molecule has 0 fully saturated rings. The molecule has 0 radical (unpaired) electrons. The Morgan fingerprint density at radius 2 is 1.48 bits per heavy atom. The van der Waals surface area contributed by atoms with Crippen molar-refractivity contribution in [2.24, 2.45) is 5.73 Å². The zero-order chi connectivity index (χ0) is 14.9. The minimum atomic E-state index is 0.230. The van der Waals surface area contributed by atoms with Crippen molar-refractivity contribution in [3.63, 3.8) is 0 Å². The molecule has 0 aromatic heterocycles. The second kappa shape index (κ2) is 8.60. The van der Waals surface area contributed by atoms with Crippen molar-refractivity contribution in [2.45, 2.75) is 32.4 Å². The minimum Gasteiger partial charge on any atom is -0.327 e. The van der Waals surface area contributed by atoms with Crippen molar-refractivity contribution in [1.82, 2.24) is 4.90 Å². The maximum Gasteiger partial charge on any atom is 0.0234 e. The van der Waals surface area contributed by atoms with E-state index in [4.69, 9.17) is 5.73 Å². The summed E-state index contributed by atoms with van der Waals surface area (Å²) in [4.78, 5) is 2.42. The maximum atomic E-state index is 6.31. The van der Waals surface area contributed by atoms with E-state index in [2.05, 4.69) is 72.5 Å². The Balaban J connectivity index is 1.78. The van der Waals surface area contributed by atoms with Crippen LogP contribution in [0.5, 0.6) is 0 Å². The third kappa shape index (κ3) is 5.70. The standard InChI is InChI=1S/C19H26N2/c1-2-21(15-18-11-7-4-8-12-18)16-19(20)14-13-17-9-5-3-6-10-17/h3-12,19H,2,13-16,20H2,1H3. The number of likely N-dealkylation sites (N-methyl/N-ethyl adjacent to an activating group) is 1. The number of hydrogen-bond donors (Lipinski definition) is 1. The largest absolute Gasteiger partial charge is 0.327 e. The fraction of sp³-hybridized carbons (Fsp3) is 0.368. The molecule has 0 aliphatic carbocycles. The molecule has 21 heavy (non-hydrogen) atoms. The minimum absolute atomic E-state index is 0.230. The molecule has 0 amide bonds. The zero-order valence-electron chi connectivity index (χ0n) is 12.9. The summed E-state index contributed by atoms with van der Waals surface area (Å²) >= 11 is 0. The highest BCUT2D eigenvalue weighted by atomic mass is 15.1. The Kier molecular flexibility index (Phi) is 6.45. The molecule has 2 nitrogen and oxygen atoms in total. The van der Waals surface area contributed by atoms with Gasteiger partial charge in [-0.3, -0.25) is 4.90 Å². The highest BCUT2D eigenvalue weighted by Gasteiger charge is 2.09. The molecular formula is C19H26N2. The van der Waals surface area contributed by atoms with Gasteiger partial charge in [0.05, 0.1) is 0 Å². The molecule has 0 aliphatic rings. The lowest BCUT2D eigenvalue weighted by atomic mass is 10.1. The lowest BCUT2D eigenvalue weighted by Gasteiger charge is -2.24. The summed E-state index contributed by atoms with van der Waals surface area (Å²) in [5.74, 6) is 0. The zero-order valence-corrected chi connectivity index (χ0v) is 12.9. The summed E-state index contributed by atoms with van der Waals surface area (Å²) in [6.07, 6.45) is 2.10. The maximum absolute atomic E-state index is 6.31. The van der Waals surface area contributed by atoms with E-state index in [0.717, 1.165) is 32.5 Å². The molecular weight excluding hydrogens is 256 g/mol. The molecule has 0 saturated carbocycles. The van der Waals surface area contributed by atoms with Gasteiger partial charge in [-0.05, 0) is 30.5 Å². The molecule has 2 aromatic carbocycles. The van der Waals surface area contributed by atoms with E-state index in [-0.39, 0.29) is 6.04 Å². The number of benzene rings is 2. The summed E-state index contributed by atoms with van der Waals surface area (Å²) in [5.41, 5.74) is 9.04. The lowest BCUT2D eigenvalue weighted by Crippen LogP contribution is -2.37. The van der Waals surface area contributed by atoms with Crippen LogP contribution in [0.3, 0.4) is 0 Å². The van der Waals surface area contributed by atoms with Crippen LogP contribution in [0.2, 0.25) is 0 Å². The van der Waals surface area contributed by atoms with Gasteiger partial charge in [0, 0.05) is 19.1 Å². The monoisotopic (exact) mass is 282 g/mol. The average Bonchev–Trinajstić information content (AvgIpc) is 2.54. The first-order valence-electron chi connectivity index (χ1n) is 7.83. The van der Waals surface area contributed by atoms with Crippen LogP contribution < -0.4 is 5.73 Å². The van der Waals surface area contributed by atoms with Crippen molar-refractivity contribution >= 4 is 0 Å². The molecule has 2 N–H and O–H groups in total. The van der Waals surface area contributed by atoms with E-state index in [0.29, 0.717) is 0 Å². The van der Waals surface area contributed by atoms with Gasteiger partial charge in [0.25, 0.3) is 0 Å². The Morgan fingerprint density at radius 3 is 2.05 bits per heavy atom. The quantitative estimate of drug-likeness (QED) is 0.803. The fourth-order valence-corrected chi connectivity index (χ4v) is 2.57. The smallest absolute Gasteiger partial charge is 0.0234 e. The molecule has 0 heterocycles. The van der Waals surface area contributed by atoms with E-state index in [1.807, 2.05) is 0 Å². The van der Waals surface area contributed by atoms with Crippen LogP contribution in [0.4, 0.5) is 0 Å². The van der Waals surface area contributed by atoms with E-state index < -0.39 is 0 Å². The summed E-state index contributed by atoms with van der Waals surface area (Å²) in [6.45, 7) is 5.18. The number of nitrogens with zero attached hydrogens (tertiary/aromatic N) is 1. The third-order valence-corrected chi connectivity index (χ3v) is 3.84. The van der Waals surface area contributed by atoms with Crippen LogP contribution in [0.15, 0.2) is 60.7 Å². The molecule has 2 rings (SSSR count). The highest BCUT2D eigenvalue weighted by Crippen LogP contribution is 2.08. The van der Waals surface area contributed by atoms with Crippen LogP contribution in [0.25, 0.3) is 0 Å². The van der Waals surface area contributed by atoms with Crippen molar-refractivity contribution in [1.29, 1.82) is 0 Å². The van der Waals surface area contributed by atoms with Crippen molar-refractivity contribution in [2.75, 3.05) is 13.1 Å². The van der Waals surface area contributed by atoms with E-state index in [1.165, 1.54) is 11.1 Å². The van der Waals surface area contributed by atoms with E-state index >= 15 is 0 Å². The molecule has 0 bridgehead atoms. The SMILES string of the molecule is CCN(Cc1ccccc1)CC(N)CCc1ccccc1. The number of rotatable bonds is 8. The topological polar surface area (TPSA) is 29.3 Å². The summed E-state index contributed by atoms with van der Waals surface area (Å²) in [7, 11) is 0. The summed E-state index contributed by atoms with van der Waals surface area (Å²) < 4.78 is 0. The number of hydrogen-bond acceptors (Lipinski definition) is 2. The second-order valence-corrected chi connectivity index (χ2v) is 5.60. The highest BCUT2D eigenvalue weighted by molar-refractivity contribution is 5.15. The lowest BCUT2D eigenvalue weighted by molar-refractivity contribution is 0.257. The molecule has 0 spiro atoms. The third-order valence-electron chi connectivity index (χ3n) is 3.84. The first-order chi connectivity index (χ1) is 10.3. The van der Waals surface area contributed by atoms with Gasteiger partial charge in [0.2, 0.25) is 0 Å². The normalized spacial score (nSPS) is 12.5. The van der Waals surface area contributed by atoms with Crippen molar-refractivity contribution in [3.05, 3.63) is 71.8 Å². The van der Waals surface area contributed by atoms with Gasteiger partial charge in [-0.1, -0.05) is 67.6 Å². The number of nitrogens with two attached hydrogens (primary N) is 1.